The van der Waals surface area contributed by atoms with Gasteiger partial charge in [-0.05, 0) is 12.1 Å². The Hall–Kier alpha value is -1.54. The molecule has 1 aromatic rings. The second-order valence-electron chi connectivity index (χ2n) is 3.34. The van der Waals surface area contributed by atoms with Crippen molar-refractivity contribution in [2.45, 2.75) is 12.3 Å². The van der Waals surface area contributed by atoms with Gasteiger partial charge in [0, 0.05) is 0 Å². The lowest BCUT2D eigenvalue weighted by Gasteiger charge is -2.10. The van der Waals surface area contributed by atoms with Gasteiger partial charge >= 0.3 is 12.1 Å². The van der Waals surface area contributed by atoms with Crippen LogP contribution in [0.5, 0.6) is 0 Å². The molecule has 102 valence electrons. The molecule has 0 amide bonds. The Morgan fingerprint density at radius 2 is 2.17 bits per heavy atom. The van der Waals surface area contributed by atoms with Crippen LogP contribution in [0.15, 0.2) is 16.5 Å². The van der Waals surface area contributed by atoms with Crippen molar-refractivity contribution < 1.29 is 37.0 Å². The fraction of sp³-hybridized carbons (Fsp3) is 0.500. The Morgan fingerprint density at radius 1 is 1.50 bits per heavy atom. The van der Waals surface area contributed by atoms with Gasteiger partial charge in [-0.2, -0.15) is 13.2 Å². The topological polar surface area (TPSA) is 68.9 Å². The van der Waals surface area contributed by atoms with E-state index in [0.29, 0.717) is 0 Å². The van der Waals surface area contributed by atoms with Crippen LogP contribution in [0, 0.1) is 0 Å². The summed E-state index contributed by atoms with van der Waals surface area (Å²) in [5, 5.41) is 9.45. The van der Waals surface area contributed by atoms with E-state index in [0.717, 1.165) is 7.11 Å². The molecule has 1 rings (SSSR count). The maximum Gasteiger partial charge on any atom is 0.411 e. The molecule has 0 aliphatic carbocycles. The summed E-state index contributed by atoms with van der Waals surface area (Å²) in [7, 11) is 1.15. The normalized spacial score (nSPS) is 13.4. The van der Waals surface area contributed by atoms with Gasteiger partial charge in [0.15, 0.2) is 0 Å². The van der Waals surface area contributed by atoms with E-state index in [9.17, 15) is 23.1 Å². The van der Waals surface area contributed by atoms with E-state index < -0.39 is 31.5 Å². The van der Waals surface area contributed by atoms with Crippen LogP contribution in [-0.4, -0.2) is 37.6 Å². The molecule has 18 heavy (non-hydrogen) atoms. The number of alkyl halides is 3. The Labute approximate surface area is 100 Å². The molecule has 1 N–H and O–H groups in total. The van der Waals surface area contributed by atoms with Crippen molar-refractivity contribution >= 4 is 5.97 Å². The SMILES string of the molecule is COC(=O)c1ccc(C(O)COCC(F)(F)F)o1. The van der Waals surface area contributed by atoms with E-state index in [4.69, 9.17) is 4.42 Å². The molecular formula is C10H11F3O5. The van der Waals surface area contributed by atoms with Gasteiger partial charge in [0.1, 0.15) is 18.5 Å². The summed E-state index contributed by atoms with van der Waals surface area (Å²) in [5.74, 6) is -0.968. The van der Waals surface area contributed by atoms with Crippen LogP contribution in [0.25, 0.3) is 0 Å². The maximum atomic E-state index is 11.8. The molecule has 0 aromatic carbocycles. The Bertz CT molecular complexity index is 398. The fourth-order valence-corrected chi connectivity index (χ4v) is 1.11. The molecule has 0 aliphatic rings. The lowest BCUT2D eigenvalue weighted by Crippen LogP contribution is -2.19. The van der Waals surface area contributed by atoms with Gasteiger partial charge in [0.2, 0.25) is 5.76 Å². The van der Waals surface area contributed by atoms with E-state index in [1.807, 2.05) is 0 Å². The van der Waals surface area contributed by atoms with E-state index >= 15 is 0 Å². The minimum Gasteiger partial charge on any atom is -0.463 e. The predicted molar refractivity (Wildman–Crippen MR) is 51.9 cm³/mol. The Kier molecular flexibility index (Phi) is 4.74. The van der Waals surface area contributed by atoms with Gasteiger partial charge < -0.3 is 19.0 Å². The van der Waals surface area contributed by atoms with Crippen molar-refractivity contribution in [3.63, 3.8) is 0 Å². The molecule has 0 saturated heterocycles. The average Bonchev–Trinajstić information content (AvgIpc) is 2.75. The number of rotatable bonds is 5. The number of furan rings is 1. The molecule has 1 atom stereocenters. The lowest BCUT2D eigenvalue weighted by molar-refractivity contribution is -0.179. The van der Waals surface area contributed by atoms with E-state index in [1.165, 1.54) is 12.1 Å². The van der Waals surface area contributed by atoms with E-state index in [2.05, 4.69) is 9.47 Å². The highest BCUT2D eigenvalue weighted by Crippen LogP contribution is 2.19. The van der Waals surface area contributed by atoms with Gasteiger partial charge in [-0.15, -0.1) is 0 Å². The number of hydrogen-bond acceptors (Lipinski definition) is 5. The largest absolute Gasteiger partial charge is 0.463 e. The second-order valence-corrected chi connectivity index (χ2v) is 3.34. The second kappa shape index (κ2) is 5.87. The number of carbonyl (C=O) groups excluding carboxylic acids is 1. The predicted octanol–water partition coefficient (Wildman–Crippen LogP) is 1.68. The highest BCUT2D eigenvalue weighted by molar-refractivity contribution is 5.86. The first-order valence-electron chi connectivity index (χ1n) is 4.84. The average molecular weight is 268 g/mol. The summed E-state index contributed by atoms with van der Waals surface area (Å²) < 4.78 is 48.8. The number of carbonyl (C=O) groups is 1. The summed E-state index contributed by atoms with van der Waals surface area (Å²) >= 11 is 0. The third-order valence-corrected chi connectivity index (χ3v) is 1.88. The molecule has 0 bridgehead atoms. The fourth-order valence-electron chi connectivity index (χ4n) is 1.11. The van der Waals surface area contributed by atoms with Gasteiger partial charge in [-0.25, -0.2) is 4.79 Å². The van der Waals surface area contributed by atoms with Crippen LogP contribution < -0.4 is 0 Å². The molecule has 0 spiro atoms. The highest BCUT2D eigenvalue weighted by Gasteiger charge is 2.28. The molecule has 0 saturated carbocycles. The number of aliphatic hydroxyl groups is 1. The van der Waals surface area contributed by atoms with E-state index in [1.54, 1.807) is 0 Å². The van der Waals surface area contributed by atoms with Gasteiger partial charge in [0.25, 0.3) is 0 Å². The van der Waals surface area contributed by atoms with Crippen LogP contribution in [0.3, 0.4) is 0 Å². The van der Waals surface area contributed by atoms with Gasteiger partial charge in [-0.3, -0.25) is 0 Å². The van der Waals surface area contributed by atoms with Crippen LogP contribution >= 0.6 is 0 Å². The van der Waals surface area contributed by atoms with Crippen molar-refractivity contribution in [1.82, 2.24) is 0 Å². The molecule has 0 radical (unpaired) electrons. The van der Waals surface area contributed by atoms with Gasteiger partial charge in [-0.1, -0.05) is 0 Å². The minimum absolute atomic E-state index is 0.0717. The number of halogens is 3. The smallest absolute Gasteiger partial charge is 0.411 e. The molecule has 0 fully saturated rings. The number of methoxy groups -OCH3 is 1. The summed E-state index contributed by atoms with van der Waals surface area (Å²) in [6, 6.07) is 2.50. The zero-order valence-corrected chi connectivity index (χ0v) is 9.36. The highest BCUT2D eigenvalue weighted by atomic mass is 19.4. The van der Waals surface area contributed by atoms with Crippen LogP contribution in [0.1, 0.15) is 22.4 Å². The monoisotopic (exact) mass is 268 g/mol. The molecule has 1 heterocycles. The number of hydrogen-bond donors (Lipinski definition) is 1. The van der Waals surface area contributed by atoms with Crippen molar-refractivity contribution in [3.05, 3.63) is 23.7 Å². The summed E-state index contributed by atoms with van der Waals surface area (Å²) in [6.07, 6.45) is -5.84. The number of esters is 1. The first kappa shape index (κ1) is 14.5. The summed E-state index contributed by atoms with van der Waals surface area (Å²) in [6.45, 7) is -2.05. The van der Waals surface area contributed by atoms with Crippen molar-refractivity contribution in [1.29, 1.82) is 0 Å². The zero-order chi connectivity index (χ0) is 13.8. The molecule has 1 unspecified atom stereocenters. The molecular weight excluding hydrogens is 257 g/mol. The van der Waals surface area contributed by atoms with Crippen molar-refractivity contribution in [2.24, 2.45) is 0 Å². The third kappa shape index (κ3) is 4.38. The van der Waals surface area contributed by atoms with Crippen LogP contribution in [0.2, 0.25) is 0 Å². The third-order valence-electron chi connectivity index (χ3n) is 1.88. The summed E-state index contributed by atoms with van der Waals surface area (Å²) in [5.41, 5.74) is 0. The molecule has 0 aliphatic heterocycles. The zero-order valence-electron chi connectivity index (χ0n) is 9.36. The minimum atomic E-state index is -4.46. The number of aliphatic hydroxyl groups excluding tert-OH is 1. The van der Waals surface area contributed by atoms with Gasteiger partial charge in [0.05, 0.1) is 13.7 Å². The standard InChI is InChI=1S/C10H11F3O5/c1-16-9(15)8-3-2-7(18-8)6(14)4-17-5-10(11,12)13/h2-3,6,14H,4-5H2,1H3. The van der Waals surface area contributed by atoms with E-state index in [-0.39, 0.29) is 11.5 Å². The Balaban J connectivity index is 2.49. The van der Waals surface area contributed by atoms with Crippen molar-refractivity contribution in [3.8, 4) is 0 Å². The van der Waals surface area contributed by atoms with Crippen LogP contribution in [-0.2, 0) is 9.47 Å². The Morgan fingerprint density at radius 3 is 2.72 bits per heavy atom. The summed E-state index contributed by atoms with van der Waals surface area (Å²) in [4.78, 5) is 11.0. The lowest BCUT2D eigenvalue weighted by atomic mass is 10.3. The van der Waals surface area contributed by atoms with Crippen LogP contribution in [0.4, 0.5) is 13.2 Å². The molecule has 1 aromatic heterocycles. The van der Waals surface area contributed by atoms with Crippen molar-refractivity contribution in [2.75, 3.05) is 20.3 Å². The maximum absolute atomic E-state index is 11.8. The first-order valence-corrected chi connectivity index (χ1v) is 4.84. The molecule has 5 nitrogen and oxygen atoms in total. The first-order chi connectivity index (χ1) is 8.33. The number of ether oxygens (including phenoxy) is 2. The quantitative estimate of drug-likeness (QED) is 0.823. The molecule has 8 heteroatoms.